The summed E-state index contributed by atoms with van der Waals surface area (Å²) in [6.45, 7) is 24.2. The highest BCUT2D eigenvalue weighted by Gasteiger charge is 2.60. The number of aromatic nitrogens is 1. The Labute approximate surface area is 313 Å². The summed E-state index contributed by atoms with van der Waals surface area (Å²) in [4.78, 5) is 29.9. The molecule has 52 heavy (non-hydrogen) atoms. The van der Waals surface area contributed by atoms with E-state index in [-0.39, 0.29) is 51.2 Å². The summed E-state index contributed by atoms with van der Waals surface area (Å²) < 4.78 is 35.8. The van der Waals surface area contributed by atoms with Crippen molar-refractivity contribution in [3.8, 4) is 17.2 Å². The van der Waals surface area contributed by atoms with E-state index in [1.807, 2.05) is 60.7 Å². The van der Waals surface area contributed by atoms with Crippen LogP contribution in [0, 0.1) is 11.5 Å². The van der Waals surface area contributed by atoms with Gasteiger partial charge in [0.1, 0.15) is 26.0 Å². The molecule has 3 atom stereocenters. The number of hydrogen-bond acceptors (Lipinski definition) is 7. The Kier molecular flexibility index (Phi) is 12.3. The number of anilines is 2. The minimum atomic E-state index is -2.86. The van der Waals surface area contributed by atoms with Crippen LogP contribution in [0.15, 0.2) is 77.7 Å². The van der Waals surface area contributed by atoms with Crippen molar-refractivity contribution in [2.45, 2.75) is 122 Å². The minimum Gasteiger partial charge on any atom is -0.414 e. The molecule has 9 nitrogen and oxygen atoms in total. The highest BCUT2D eigenvalue weighted by Crippen LogP contribution is 2.48. The first-order chi connectivity index (χ1) is 24.5. The lowest BCUT2D eigenvalue weighted by Gasteiger charge is -2.51. The molecule has 2 fully saturated rings. The van der Waals surface area contributed by atoms with Gasteiger partial charge in [-0.25, -0.2) is 9.69 Å². The molecule has 2 aliphatic heterocycles. The van der Waals surface area contributed by atoms with Gasteiger partial charge in [0, 0.05) is 12.6 Å². The van der Waals surface area contributed by atoms with E-state index in [2.05, 4.69) is 86.5 Å². The van der Waals surface area contributed by atoms with Crippen molar-refractivity contribution < 1.29 is 27.2 Å². The third kappa shape index (κ3) is 8.26. The number of carbonyl (C=O) groups excluding carboxylic acids is 1. The Morgan fingerprint density at radius 1 is 0.827 bits per heavy atom. The molecule has 2 saturated heterocycles. The maximum absolute atomic E-state index is 14.5. The van der Waals surface area contributed by atoms with E-state index in [4.69, 9.17) is 22.4 Å². The molecule has 0 N–H and O–H groups in total. The fourth-order valence-electron chi connectivity index (χ4n) is 7.17. The predicted octanol–water partition coefficient (Wildman–Crippen LogP) is 9.66. The molecule has 2 aromatic carbocycles. The van der Waals surface area contributed by atoms with Crippen LogP contribution in [0.3, 0.4) is 0 Å². The van der Waals surface area contributed by atoms with Crippen LogP contribution in [0.4, 0.5) is 16.2 Å². The number of amides is 1. The smallest absolute Gasteiger partial charge is 0.414 e. The van der Waals surface area contributed by atoms with Crippen molar-refractivity contribution in [2.24, 2.45) is 0 Å². The number of para-hydroxylation sites is 2. The van der Waals surface area contributed by atoms with Crippen LogP contribution in [-0.2, 0) is 17.7 Å². The molecule has 0 saturated carbocycles. The summed E-state index contributed by atoms with van der Waals surface area (Å²) in [6.07, 6.45) is 0.0926. The van der Waals surface area contributed by atoms with Crippen LogP contribution in [-0.4, -0.2) is 54.7 Å². The van der Waals surface area contributed by atoms with Crippen molar-refractivity contribution in [2.75, 3.05) is 11.5 Å². The molecule has 0 aliphatic carbocycles. The summed E-state index contributed by atoms with van der Waals surface area (Å²) in [6, 6.07) is 20.2. The monoisotopic (exact) mass is 760 g/mol. The second kappa shape index (κ2) is 16.0. The lowest BCUT2D eigenvalue weighted by atomic mass is 10.2. The molecule has 3 heterocycles. The van der Waals surface area contributed by atoms with E-state index < -0.39 is 37.5 Å². The van der Waals surface area contributed by atoms with Crippen molar-refractivity contribution in [1.29, 1.82) is 0 Å². The molecule has 3 aromatic rings. The molecule has 2 aliphatic rings. The van der Waals surface area contributed by atoms with Gasteiger partial charge in [-0.1, -0.05) is 117 Å². The van der Waals surface area contributed by atoms with E-state index >= 15 is 0 Å². The zero-order valence-electron chi connectivity index (χ0n) is 32.6. The van der Waals surface area contributed by atoms with Crippen LogP contribution in [0.5, 0.6) is 5.75 Å². The van der Waals surface area contributed by atoms with Crippen LogP contribution < -0.4 is 15.2 Å². The Bertz CT molecular complexity index is 1760. The number of benzene rings is 2. The summed E-state index contributed by atoms with van der Waals surface area (Å²) >= 11 is 0. The Morgan fingerprint density at radius 2 is 1.37 bits per heavy atom. The molecular formula is C40H56N2O7Si3. The van der Waals surface area contributed by atoms with Gasteiger partial charge in [-0.05, 0) is 52.5 Å². The molecule has 1 aromatic heterocycles. The summed E-state index contributed by atoms with van der Waals surface area (Å²) in [5.74, 6) is 3.23. The van der Waals surface area contributed by atoms with Gasteiger partial charge >= 0.3 is 23.2 Å². The summed E-state index contributed by atoms with van der Waals surface area (Å²) in [5, 5.41) is 0. The Hall–Kier alpha value is -3.29. The maximum atomic E-state index is 14.5. The number of fused-ring (bicyclic) bond motifs is 1. The second-order valence-corrected chi connectivity index (χ2v) is 29.7. The molecule has 12 heteroatoms. The van der Waals surface area contributed by atoms with Crippen LogP contribution in [0.2, 0.25) is 41.8 Å². The second-order valence-electron chi connectivity index (χ2n) is 16.1. The molecule has 0 bridgehead atoms. The van der Waals surface area contributed by atoms with Crippen LogP contribution in [0.25, 0.3) is 0 Å². The van der Waals surface area contributed by atoms with E-state index in [1.54, 1.807) is 16.8 Å². The van der Waals surface area contributed by atoms with Gasteiger partial charge in [-0.2, -0.15) is 0 Å². The van der Waals surface area contributed by atoms with Gasteiger partial charge < -0.3 is 22.4 Å². The number of carbonyl (C=O) groups is 1. The zero-order chi connectivity index (χ0) is 38.0. The fraction of sp³-hybridized carbons (Fsp3) is 0.500. The Morgan fingerprint density at radius 3 is 1.87 bits per heavy atom. The van der Waals surface area contributed by atoms with Crippen molar-refractivity contribution in [3.63, 3.8) is 0 Å². The van der Waals surface area contributed by atoms with Crippen molar-refractivity contribution >= 4 is 42.7 Å². The van der Waals surface area contributed by atoms with Crippen molar-refractivity contribution in [3.05, 3.63) is 88.8 Å². The molecular weight excluding hydrogens is 705 g/mol. The summed E-state index contributed by atoms with van der Waals surface area (Å²) in [7, 11) is -7.55. The average molecular weight is 761 g/mol. The van der Waals surface area contributed by atoms with Gasteiger partial charge in [0.05, 0.1) is 24.1 Å². The largest absolute Gasteiger partial charge is 0.424 e. The lowest BCUT2D eigenvalue weighted by Crippen LogP contribution is -2.65. The van der Waals surface area contributed by atoms with E-state index in [9.17, 15) is 9.59 Å². The molecule has 5 rings (SSSR count). The van der Waals surface area contributed by atoms with E-state index in [1.165, 1.54) is 4.90 Å². The van der Waals surface area contributed by atoms with Gasteiger partial charge in [0.25, 0.3) is 5.56 Å². The van der Waals surface area contributed by atoms with E-state index in [0.717, 1.165) is 0 Å². The SMILES string of the molecule is CC(C)[Si]1(C(C)C)OC[C@H]2O[C@@H](n3ccc(OC(=O)N(c4ccccc4)c4ccccc4)c(C#C[Si](C)(C)C)c3=O)C[C@@H]2O[Si](C(C)C)(C(C)C)O1. The van der Waals surface area contributed by atoms with Gasteiger partial charge in [0.2, 0.25) is 0 Å². The number of pyridine rings is 1. The fourth-order valence-corrected chi connectivity index (χ4v) is 18.9. The van der Waals surface area contributed by atoms with Gasteiger partial charge in [-0.15, -0.1) is 5.54 Å². The lowest BCUT2D eigenvalue weighted by molar-refractivity contribution is -0.0562. The highest BCUT2D eigenvalue weighted by atomic mass is 28.5. The number of nitrogens with zero attached hydrogens (tertiary/aromatic N) is 2. The normalized spacial score (nSPS) is 21.3. The molecule has 280 valence electrons. The maximum Gasteiger partial charge on any atom is 0.424 e. The van der Waals surface area contributed by atoms with Gasteiger partial charge in [-0.3, -0.25) is 9.36 Å². The number of rotatable bonds is 8. The van der Waals surface area contributed by atoms with Crippen molar-refractivity contribution in [1.82, 2.24) is 4.57 Å². The molecule has 0 radical (unpaired) electrons. The van der Waals surface area contributed by atoms with Gasteiger partial charge in [0.15, 0.2) is 5.75 Å². The molecule has 0 spiro atoms. The quantitative estimate of drug-likeness (QED) is 0.167. The molecule has 1 amide bonds. The minimum absolute atomic E-state index is 0.0987. The van der Waals surface area contributed by atoms with E-state index in [0.29, 0.717) is 24.4 Å². The summed E-state index contributed by atoms with van der Waals surface area (Å²) in [5.41, 5.74) is 5.06. The zero-order valence-corrected chi connectivity index (χ0v) is 35.6. The number of ether oxygens (including phenoxy) is 2. The average Bonchev–Trinajstić information content (AvgIpc) is 3.46. The first-order valence-electron chi connectivity index (χ1n) is 18.6. The predicted molar refractivity (Wildman–Crippen MR) is 214 cm³/mol. The highest BCUT2D eigenvalue weighted by molar-refractivity contribution is 6.84. The van der Waals surface area contributed by atoms with Crippen LogP contribution >= 0.6 is 0 Å². The topological polar surface area (TPSA) is 88.5 Å². The standard InChI is InChI=1S/C40H56N2O7Si3/c1-28(2)51(29(3)4)45-27-37-36(48-52(49-51,30(5)6)31(7)8)26-38(46-37)41-24-22-35(34(39(41)43)23-25-50(9,10)11)47-40(44)42(32-18-14-12-15-19-32)33-20-16-13-17-21-33/h12-22,24,28-31,36-38H,26-27H2,1-11H3/t36-,37+,38+/m0/s1. The Balaban J connectivity index is 1.53. The third-order valence-corrected chi connectivity index (χ3v) is 21.0. The van der Waals surface area contributed by atoms with Crippen LogP contribution in [0.1, 0.15) is 73.6 Å². The first-order valence-corrected chi connectivity index (χ1v) is 26.0. The third-order valence-electron chi connectivity index (χ3n) is 9.89. The first kappa shape index (κ1) is 39.9. The number of hydrogen-bond donors (Lipinski definition) is 0. The molecule has 0 unspecified atom stereocenters.